The summed E-state index contributed by atoms with van der Waals surface area (Å²) < 4.78 is 18.7. The SMILES string of the molecule is CCCN1CCC(CN2C(=S)N(c3ccc(F)cc3)C(=O)[C@H]2CC(=O)Nc2ccc(OC)cc2)CC1. The number of nitrogens with zero attached hydrogens (tertiary/aromatic N) is 3. The van der Waals surface area contributed by atoms with Gasteiger partial charge in [0.15, 0.2) is 5.11 Å². The number of halogens is 1. The van der Waals surface area contributed by atoms with Gasteiger partial charge in [-0.1, -0.05) is 6.92 Å². The van der Waals surface area contributed by atoms with Gasteiger partial charge in [-0.3, -0.25) is 14.5 Å². The van der Waals surface area contributed by atoms with E-state index in [0.29, 0.717) is 34.7 Å². The minimum atomic E-state index is -0.713. The van der Waals surface area contributed by atoms with Crippen LogP contribution in [0.15, 0.2) is 48.5 Å². The van der Waals surface area contributed by atoms with Gasteiger partial charge < -0.3 is 19.9 Å². The Morgan fingerprint density at radius 3 is 2.39 bits per heavy atom. The molecule has 2 amide bonds. The van der Waals surface area contributed by atoms with Crippen molar-refractivity contribution in [2.45, 2.75) is 38.6 Å². The van der Waals surface area contributed by atoms with Crippen LogP contribution < -0.4 is 15.0 Å². The number of thiocarbonyl (C=S) groups is 1. The van der Waals surface area contributed by atoms with E-state index in [9.17, 15) is 14.0 Å². The molecular formula is C27H33FN4O3S. The Morgan fingerprint density at radius 1 is 1.11 bits per heavy atom. The van der Waals surface area contributed by atoms with Crippen LogP contribution in [0.5, 0.6) is 5.75 Å². The average molecular weight is 513 g/mol. The van der Waals surface area contributed by atoms with Crippen LogP contribution in [0, 0.1) is 11.7 Å². The molecule has 0 aromatic heterocycles. The second kappa shape index (κ2) is 11.8. The predicted octanol–water partition coefficient (Wildman–Crippen LogP) is 4.29. The van der Waals surface area contributed by atoms with Gasteiger partial charge in [0.25, 0.3) is 5.91 Å². The summed E-state index contributed by atoms with van der Waals surface area (Å²) in [5.74, 6) is 0.145. The molecule has 36 heavy (non-hydrogen) atoms. The highest BCUT2D eigenvalue weighted by Gasteiger charge is 2.45. The maximum absolute atomic E-state index is 13.6. The van der Waals surface area contributed by atoms with Crippen molar-refractivity contribution in [3.63, 3.8) is 0 Å². The molecule has 2 fully saturated rings. The topological polar surface area (TPSA) is 65.1 Å². The number of benzene rings is 2. The first-order valence-corrected chi connectivity index (χ1v) is 12.9. The number of hydrogen-bond acceptors (Lipinski definition) is 5. The number of hydrogen-bond donors (Lipinski definition) is 1. The molecule has 9 heteroatoms. The molecule has 2 heterocycles. The molecule has 7 nitrogen and oxygen atoms in total. The summed E-state index contributed by atoms with van der Waals surface area (Å²) >= 11 is 5.76. The summed E-state index contributed by atoms with van der Waals surface area (Å²) in [5, 5.41) is 3.24. The monoisotopic (exact) mass is 512 g/mol. The lowest BCUT2D eigenvalue weighted by atomic mass is 9.95. The van der Waals surface area contributed by atoms with Crippen molar-refractivity contribution in [3.05, 3.63) is 54.3 Å². The van der Waals surface area contributed by atoms with Gasteiger partial charge in [-0.15, -0.1) is 0 Å². The van der Waals surface area contributed by atoms with Crippen LogP contribution in [0.1, 0.15) is 32.6 Å². The first-order valence-electron chi connectivity index (χ1n) is 12.5. The second-order valence-electron chi connectivity index (χ2n) is 9.37. The summed E-state index contributed by atoms with van der Waals surface area (Å²) in [6.45, 7) is 5.95. The third-order valence-corrected chi connectivity index (χ3v) is 7.27. The molecule has 2 aromatic rings. The molecule has 2 aliphatic rings. The normalized spacial score (nSPS) is 19.1. The zero-order valence-electron chi connectivity index (χ0n) is 20.8. The number of nitrogens with one attached hydrogen (secondary N) is 1. The van der Waals surface area contributed by atoms with Gasteiger partial charge in [-0.2, -0.15) is 0 Å². The largest absolute Gasteiger partial charge is 0.497 e. The Morgan fingerprint density at radius 2 is 1.78 bits per heavy atom. The molecule has 2 aliphatic heterocycles. The zero-order chi connectivity index (χ0) is 25.7. The van der Waals surface area contributed by atoms with E-state index in [1.54, 1.807) is 43.5 Å². The molecule has 0 aliphatic carbocycles. The molecule has 1 atom stereocenters. The number of piperidine rings is 1. The van der Waals surface area contributed by atoms with Crippen molar-refractivity contribution in [1.82, 2.24) is 9.80 Å². The molecule has 0 spiro atoms. The number of rotatable bonds is 9. The molecule has 0 unspecified atom stereocenters. The Kier molecular flexibility index (Phi) is 8.53. The fraction of sp³-hybridized carbons (Fsp3) is 0.444. The van der Waals surface area contributed by atoms with E-state index in [4.69, 9.17) is 17.0 Å². The number of carbonyl (C=O) groups excluding carboxylic acids is 2. The van der Waals surface area contributed by atoms with Gasteiger partial charge in [-0.05, 0) is 106 Å². The molecule has 4 rings (SSSR count). The Balaban J connectivity index is 1.50. The zero-order valence-corrected chi connectivity index (χ0v) is 21.6. The van der Waals surface area contributed by atoms with Crippen molar-refractivity contribution < 1.29 is 18.7 Å². The molecule has 192 valence electrons. The first kappa shape index (κ1) is 26.0. The van der Waals surface area contributed by atoms with E-state index in [1.165, 1.54) is 17.0 Å². The van der Waals surface area contributed by atoms with E-state index < -0.39 is 6.04 Å². The van der Waals surface area contributed by atoms with Gasteiger partial charge in [0, 0.05) is 12.2 Å². The molecule has 2 aromatic carbocycles. The van der Waals surface area contributed by atoms with Crippen LogP contribution in [0.25, 0.3) is 0 Å². The van der Waals surface area contributed by atoms with Gasteiger partial charge in [0.2, 0.25) is 5.91 Å². The number of ether oxygens (including phenoxy) is 1. The maximum Gasteiger partial charge on any atom is 0.256 e. The van der Waals surface area contributed by atoms with Crippen LogP contribution in [0.3, 0.4) is 0 Å². The molecule has 2 saturated heterocycles. The third kappa shape index (κ3) is 6.02. The summed E-state index contributed by atoms with van der Waals surface area (Å²) in [6.07, 6.45) is 3.15. The highest BCUT2D eigenvalue weighted by molar-refractivity contribution is 7.80. The predicted molar refractivity (Wildman–Crippen MR) is 143 cm³/mol. The van der Waals surface area contributed by atoms with Crippen molar-refractivity contribution in [3.8, 4) is 5.75 Å². The number of amides is 2. The molecule has 0 radical (unpaired) electrons. The third-order valence-electron chi connectivity index (χ3n) is 6.86. The molecular weight excluding hydrogens is 479 g/mol. The standard InChI is InChI=1S/C27H33FN4O3S/c1-3-14-30-15-12-19(13-16-30)18-31-24(17-25(33)29-21-6-10-23(35-2)11-7-21)26(34)32(27(31)36)22-8-4-20(28)5-9-22/h4-11,19,24H,3,12-18H2,1-2H3,(H,29,33)/t24-/m1/s1. The number of methoxy groups -OCH3 is 1. The van der Waals surface area contributed by atoms with E-state index >= 15 is 0 Å². The number of likely N-dealkylation sites (tertiary alicyclic amines) is 1. The fourth-order valence-electron chi connectivity index (χ4n) is 4.92. The number of anilines is 2. The van der Waals surface area contributed by atoms with Gasteiger partial charge in [-0.25, -0.2) is 4.39 Å². The van der Waals surface area contributed by atoms with Crippen LogP contribution in [-0.2, 0) is 9.59 Å². The molecule has 0 saturated carbocycles. The van der Waals surface area contributed by atoms with Crippen molar-refractivity contribution >= 4 is 40.5 Å². The van der Waals surface area contributed by atoms with Gasteiger partial charge in [0.05, 0.1) is 19.2 Å². The Labute approximate surface area is 217 Å². The summed E-state index contributed by atoms with van der Waals surface area (Å²) in [6, 6.07) is 12.0. The van der Waals surface area contributed by atoms with E-state index in [2.05, 4.69) is 17.1 Å². The fourth-order valence-corrected chi connectivity index (χ4v) is 5.32. The number of carbonyl (C=O) groups is 2. The average Bonchev–Trinajstić information content (AvgIpc) is 3.10. The Bertz CT molecular complexity index is 1070. The van der Waals surface area contributed by atoms with Gasteiger partial charge in [0.1, 0.15) is 17.6 Å². The van der Waals surface area contributed by atoms with E-state index in [0.717, 1.165) is 38.9 Å². The minimum absolute atomic E-state index is 0.0304. The summed E-state index contributed by atoms with van der Waals surface area (Å²) in [4.78, 5) is 32.3. The minimum Gasteiger partial charge on any atom is -0.497 e. The van der Waals surface area contributed by atoms with Crippen LogP contribution in [0.2, 0.25) is 0 Å². The van der Waals surface area contributed by atoms with Crippen LogP contribution in [-0.4, -0.2) is 66.1 Å². The maximum atomic E-state index is 13.6. The quantitative estimate of drug-likeness (QED) is 0.506. The molecule has 0 bridgehead atoms. The first-order chi connectivity index (χ1) is 17.4. The lowest BCUT2D eigenvalue weighted by molar-refractivity contribution is -0.124. The van der Waals surface area contributed by atoms with E-state index in [-0.39, 0.29) is 24.1 Å². The Hall–Kier alpha value is -3.04. The lowest BCUT2D eigenvalue weighted by Gasteiger charge is -2.35. The highest BCUT2D eigenvalue weighted by Crippen LogP contribution is 2.30. The molecule has 1 N–H and O–H groups in total. The van der Waals surface area contributed by atoms with Crippen molar-refractivity contribution in [1.29, 1.82) is 0 Å². The van der Waals surface area contributed by atoms with Crippen molar-refractivity contribution in [2.75, 3.05) is 43.5 Å². The highest BCUT2D eigenvalue weighted by atomic mass is 32.1. The van der Waals surface area contributed by atoms with Crippen molar-refractivity contribution in [2.24, 2.45) is 5.92 Å². The second-order valence-corrected chi connectivity index (χ2v) is 9.73. The lowest BCUT2D eigenvalue weighted by Crippen LogP contribution is -2.44. The summed E-state index contributed by atoms with van der Waals surface area (Å²) in [5.41, 5.74) is 1.13. The van der Waals surface area contributed by atoms with Crippen LogP contribution >= 0.6 is 12.2 Å². The summed E-state index contributed by atoms with van der Waals surface area (Å²) in [7, 11) is 1.58. The van der Waals surface area contributed by atoms with Crippen LogP contribution in [0.4, 0.5) is 15.8 Å². The smallest absolute Gasteiger partial charge is 0.256 e. The van der Waals surface area contributed by atoms with E-state index in [1.807, 2.05) is 4.90 Å². The van der Waals surface area contributed by atoms with Gasteiger partial charge >= 0.3 is 0 Å².